The molecule has 2 aliphatic heterocycles. The lowest BCUT2D eigenvalue weighted by molar-refractivity contribution is -0.276. The summed E-state index contributed by atoms with van der Waals surface area (Å²) in [6.45, 7) is 7.52. The lowest BCUT2D eigenvalue weighted by atomic mass is 9.84. The van der Waals surface area contributed by atoms with E-state index in [-0.39, 0.29) is 28.4 Å². The Balaban J connectivity index is 1.90. The molecule has 4 rings (SSSR count). The number of fused-ring (bicyclic) bond motifs is 1. The van der Waals surface area contributed by atoms with E-state index in [1.807, 2.05) is 0 Å². The van der Waals surface area contributed by atoms with Crippen LogP contribution in [0.3, 0.4) is 0 Å². The van der Waals surface area contributed by atoms with Crippen LogP contribution in [0.2, 0.25) is 0 Å². The average molecular weight is 737 g/mol. The first kappa shape index (κ1) is 40.2. The third-order valence-corrected chi connectivity index (χ3v) is 8.80. The summed E-state index contributed by atoms with van der Waals surface area (Å²) in [6.07, 6.45) is -6.53. The number of ketones is 1. The lowest BCUT2D eigenvalue weighted by Crippen LogP contribution is -2.56. The van der Waals surface area contributed by atoms with E-state index >= 15 is 8.78 Å². The van der Waals surface area contributed by atoms with E-state index in [0.717, 1.165) is 26.0 Å². The summed E-state index contributed by atoms with van der Waals surface area (Å²) in [7, 11) is 0. The van der Waals surface area contributed by atoms with E-state index in [4.69, 9.17) is 10.5 Å². The molecule has 52 heavy (non-hydrogen) atoms. The Morgan fingerprint density at radius 2 is 1.50 bits per heavy atom. The third-order valence-electron chi connectivity index (χ3n) is 8.80. The molecule has 2 aromatic rings. The Labute approximate surface area is 297 Å². The zero-order valence-electron chi connectivity index (χ0n) is 29.3. The second-order valence-corrected chi connectivity index (χ2v) is 13.2. The summed E-state index contributed by atoms with van der Waals surface area (Å²) in [5, 5.41) is 2.86. The number of benzene rings is 2. The largest absolute Gasteiger partial charge is 0.461 e. The molecule has 0 saturated carbocycles. The van der Waals surface area contributed by atoms with Gasteiger partial charge in [-0.15, -0.1) is 0 Å². The summed E-state index contributed by atoms with van der Waals surface area (Å²) < 4.78 is 82.3. The molecule has 0 aromatic heterocycles. The zero-order valence-corrected chi connectivity index (χ0v) is 29.3. The Morgan fingerprint density at radius 1 is 0.923 bits per heavy atom. The van der Waals surface area contributed by atoms with Crippen LogP contribution in [0.5, 0.6) is 0 Å². The highest BCUT2D eigenvalue weighted by Gasteiger charge is 2.64. The van der Waals surface area contributed by atoms with E-state index < -0.39 is 77.1 Å². The molecule has 2 aromatic carbocycles. The first-order chi connectivity index (χ1) is 24.3. The highest BCUT2D eigenvalue weighted by atomic mass is 19.4. The van der Waals surface area contributed by atoms with E-state index in [2.05, 4.69) is 10.1 Å². The maximum atomic E-state index is 15.3. The fraction of sp³-hybridized carbons (Fsp3) is 0.472. The minimum Gasteiger partial charge on any atom is -0.422 e. The molecular weight excluding hydrogens is 695 g/mol. The monoisotopic (exact) mass is 736 g/mol. The molecule has 1 fully saturated rings. The van der Waals surface area contributed by atoms with Crippen LogP contribution in [0.4, 0.5) is 22.0 Å². The van der Waals surface area contributed by atoms with E-state index in [9.17, 15) is 37.1 Å². The maximum Gasteiger partial charge on any atom is 0.461 e. The Kier molecular flexibility index (Phi) is 12.4. The number of nitrogens with two attached hydrogens (primary N) is 1. The molecule has 3 atom stereocenters. The van der Waals surface area contributed by atoms with Crippen molar-refractivity contribution in [1.82, 2.24) is 15.1 Å². The molecule has 3 N–H and O–H groups in total. The van der Waals surface area contributed by atoms with Crippen molar-refractivity contribution in [3.05, 3.63) is 82.2 Å². The number of allylic oxidation sites excluding steroid dienone is 2. The highest BCUT2D eigenvalue weighted by molar-refractivity contribution is 6.08. The first-order valence-electron chi connectivity index (χ1n) is 16.6. The van der Waals surface area contributed by atoms with Gasteiger partial charge in [-0.1, -0.05) is 52.0 Å². The number of carbonyl (C=O) groups excluding carboxylic acids is 5. The fourth-order valence-electron chi connectivity index (χ4n) is 5.98. The molecule has 0 radical (unpaired) electrons. The normalized spacial score (nSPS) is 19.1. The average Bonchev–Trinajstić information content (AvgIpc) is 3.10. The number of esters is 1. The third kappa shape index (κ3) is 8.40. The predicted molar refractivity (Wildman–Crippen MR) is 177 cm³/mol. The van der Waals surface area contributed by atoms with Crippen molar-refractivity contribution in [3.63, 3.8) is 0 Å². The molecule has 0 bridgehead atoms. The molecule has 2 heterocycles. The van der Waals surface area contributed by atoms with Gasteiger partial charge < -0.3 is 20.1 Å². The number of nitrogens with zero attached hydrogens (tertiary/aromatic N) is 2. The number of hydrogen-bond acceptors (Lipinski definition) is 9. The summed E-state index contributed by atoms with van der Waals surface area (Å²) in [5.41, 5.74) is 5.64. The molecule has 11 nitrogen and oxygen atoms in total. The molecular formula is C36H41F5N4O7. The van der Waals surface area contributed by atoms with Crippen LogP contribution < -0.4 is 11.1 Å². The molecule has 0 spiro atoms. The van der Waals surface area contributed by atoms with Gasteiger partial charge in [0, 0.05) is 31.1 Å². The van der Waals surface area contributed by atoms with Gasteiger partial charge in [0.25, 0.3) is 17.7 Å². The number of morpholine rings is 1. The number of Topliss-reactive ketones (excluding diaryl/α,β-unsaturated/α-hetero) is 1. The molecule has 0 aliphatic carbocycles. The molecule has 3 amide bonds. The summed E-state index contributed by atoms with van der Waals surface area (Å²) in [4.78, 5) is 69.3. The Hall–Kier alpha value is -4.54. The van der Waals surface area contributed by atoms with Crippen LogP contribution in [0.25, 0.3) is 0 Å². The van der Waals surface area contributed by atoms with Crippen molar-refractivity contribution >= 4 is 29.5 Å². The SMILES string of the molecule is CC(=O)O/C(=C(/C(C)C)N(C(=O)c1ccc(C(=O)N2CCOCC2)cc1)C(=O)C1Cc2ccccc2C(C(=O)[C@@H](N)C(C)C)N1)C(F)(F)C(F)(F)F. The molecule has 16 heteroatoms. The summed E-state index contributed by atoms with van der Waals surface area (Å²) >= 11 is 0. The number of rotatable bonds is 10. The molecule has 2 unspecified atom stereocenters. The smallest absolute Gasteiger partial charge is 0.422 e. The summed E-state index contributed by atoms with van der Waals surface area (Å²) in [6, 6.07) is 7.50. The lowest BCUT2D eigenvalue weighted by Gasteiger charge is -2.37. The number of imide groups is 1. The Morgan fingerprint density at radius 3 is 2.04 bits per heavy atom. The van der Waals surface area contributed by atoms with E-state index in [1.165, 1.54) is 17.0 Å². The van der Waals surface area contributed by atoms with Crippen molar-refractivity contribution < 1.29 is 55.4 Å². The number of nitrogens with one attached hydrogen (secondary N) is 1. The van der Waals surface area contributed by atoms with Crippen molar-refractivity contribution in [2.75, 3.05) is 26.3 Å². The van der Waals surface area contributed by atoms with Crippen LogP contribution in [0.15, 0.2) is 60.0 Å². The van der Waals surface area contributed by atoms with Gasteiger partial charge in [0.05, 0.1) is 37.0 Å². The van der Waals surface area contributed by atoms with Crippen molar-refractivity contribution in [3.8, 4) is 0 Å². The fourth-order valence-corrected chi connectivity index (χ4v) is 5.98. The number of halogens is 5. The quantitative estimate of drug-likeness (QED) is 0.155. The second-order valence-electron chi connectivity index (χ2n) is 13.2. The standard InChI is InChI=1S/C36H41F5N4O7/c1-19(2)27(42)30(47)28-25-9-7-6-8-24(25)18-26(43-28)34(50)45(29(20(3)4)31(52-21(5)46)35(37,38)36(39,40)41)33(49)23-12-10-22(11-13-23)32(48)44-14-16-51-17-15-44/h6-13,19-20,26-28,43H,14-18,42H2,1-5H3/b31-29-/t26?,27-,28?/m0/s1. The van der Waals surface area contributed by atoms with Crippen molar-refractivity contribution in [2.24, 2.45) is 17.6 Å². The number of alkyl halides is 5. The van der Waals surface area contributed by atoms with Crippen LogP contribution in [-0.2, 0) is 30.3 Å². The van der Waals surface area contributed by atoms with Gasteiger partial charge in [0.2, 0.25) is 5.76 Å². The topological polar surface area (TPSA) is 148 Å². The molecule has 2 aliphatic rings. The number of amides is 3. The molecule has 282 valence electrons. The summed E-state index contributed by atoms with van der Waals surface area (Å²) in [5.74, 6) is -15.1. The second kappa shape index (κ2) is 16.0. The van der Waals surface area contributed by atoms with Gasteiger partial charge in [-0.25, -0.2) is 4.90 Å². The van der Waals surface area contributed by atoms with E-state index in [1.54, 1.807) is 38.1 Å². The highest BCUT2D eigenvalue weighted by Crippen LogP contribution is 2.45. The Bertz CT molecular complexity index is 1720. The van der Waals surface area contributed by atoms with Gasteiger partial charge in [-0.3, -0.25) is 29.3 Å². The van der Waals surface area contributed by atoms with Crippen LogP contribution >= 0.6 is 0 Å². The van der Waals surface area contributed by atoms with Crippen molar-refractivity contribution in [1.29, 1.82) is 0 Å². The van der Waals surface area contributed by atoms with Crippen LogP contribution in [-0.4, -0.2) is 89.8 Å². The maximum absolute atomic E-state index is 15.3. The van der Waals surface area contributed by atoms with Gasteiger partial charge in [-0.05, 0) is 53.6 Å². The predicted octanol–water partition coefficient (Wildman–Crippen LogP) is 4.56. The van der Waals surface area contributed by atoms with Gasteiger partial charge >= 0.3 is 18.1 Å². The van der Waals surface area contributed by atoms with Crippen molar-refractivity contribution in [2.45, 2.75) is 71.3 Å². The first-order valence-corrected chi connectivity index (χ1v) is 16.6. The van der Waals surface area contributed by atoms with Crippen LogP contribution in [0, 0.1) is 11.8 Å². The van der Waals surface area contributed by atoms with Gasteiger partial charge in [-0.2, -0.15) is 22.0 Å². The van der Waals surface area contributed by atoms with Gasteiger partial charge in [0.15, 0.2) is 5.78 Å². The van der Waals surface area contributed by atoms with E-state index in [0.29, 0.717) is 44.4 Å². The van der Waals surface area contributed by atoms with Gasteiger partial charge in [0.1, 0.15) is 0 Å². The minimum absolute atomic E-state index is 0.133. The minimum atomic E-state index is -6.32. The number of ether oxygens (including phenoxy) is 2. The number of carbonyl (C=O) groups is 5. The van der Waals surface area contributed by atoms with Crippen LogP contribution in [0.1, 0.15) is 72.5 Å². The zero-order chi connectivity index (χ0) is 38.7. The number of hydrogen-bond donors (Lipinski definition) is 2. The molecule has 1 saturated heterocycles.